The topological polar surface area (TPSA) is 90.5 Å². The van der Waals surface area contributed by atoms with Crippen LogP contribution in [0.3, 0.4) is 0 Å². The van der Waals surface area contributed by atoms with Crippen LogP contribution in [0.25, 0.3) is 0 Å². The molecule has 3 N–H and O–H groups in total. The van der Waals surface area contributed by atoms with Gasteiger partial charge in [0.15, 0.2) is 0 Å². The van der Waals surface area contributed by atoms with Crippen LogP contribution in [0.2, 0.25) is 0 Å². The van der Waals surface area contributed by atoms with Crippen molar-refractivity contribution >= 4 is 34.6 Å². The number of rotatable bonds is 6. The molecule has 0 saturated carbocycles. The number of nitrogens with zero attached hydrogens (tertiary/aromatic N) is 1. The van der Waals surface area contributed by atoms with Gasteiger partial charge in [-0.05, 0) is 53.7 Å². The summed E-state index contributed by atoms with van der Waals surface area (Å²) in [5.74, 6) is -0.734. The van der Waals surface area contributed by atoms with Crippen LogP contribution < -0.4 is 16.0 Å². The van der Waals surface area contributed by atoms with Crippen molar-refractivity contribution in [1.29, 1.82) is 0 Å². The van der Waals surface area contributed by atoms with Crippen LogP contribution in [0.1, 0.15) is 5.56 Å². The maximum atomic E-state index is 12.8. The third-order valence-corrected chi connectivity index (χ3v) is 4.53. The smallest absolute Gasteiger partial charge is 0.315 e. The number of hydrogen-bond donors (Lipinski definition) is 3. The van der Waals surface area contributed by atoms with Crippen molar-refractivity contribution in [3.8, 4) is 0 Å². The maximum absolute atomic E-state index is 12.8. The maximum Gasteiger partial charge on any atom is 0.315 e. The highest BCUT2D eigenvalue weighted by Gasteiger charge is 2.08. The second-order valence-corrected chi connectivity index (χ2v) is 7.02. The van der Waals surface area contributed by atoms with Crippen LogP contribution in [0, 0.1) is 5.82 Å². The predicted octanol–water partition coefficient (Wildman–Crippen LogP) is 3.04. The van der Waals surface area contributed by atoms with Gasteiger partial charge in [0.2, 0.25) is 5.91 Å². The lowest BCUT2D eigenvalue weighted by atomic mass is 10.2. The third kappa shape index (κ3) is 7.28. The van der Waals surface area contributed by atoms with E-state index in [4.69, 9.17) is 0 Å². The summed E-state index contributed by atoms with van der Waals surface area (Å²) < 4.78 is 12.8. The molecule has 0 aromatic heterocycles. The molecule has 148 valence electrons. The van der Waals surface area contributed by atoms with E-state index in [0.29, 0.717) is 5.69 Å². The SMILES string of the molecule is CN(C)C(=O)Sc1ccc(NC(=O)CNC(=O)NCc2ccc(F)cc2)cc1. The first kappa shape index (κ1) is 21.2. The molecule has 0 unspecified atom stereocenters. The van der Waals surface area contributed by atoms with Crippen molar-refractivity contribution in [2.24, 2.45) is 0 Å². The van der Waals surface area contributed by atoms with E-state index in [-0.39, 0.29) is 30.1 Å². The lowest BCUT2D eigenvalue weighted by Gasteiger charge is -2.10. The standard InChI is InChI=1S/C19H21FN4O3S/c1-24(2)19(27)28-16-9-7-15(8-10-16)23-17(25)12-22-18(26)21-11-13-3-5-14(20)6-4-13/h3-10H,11-12H2,1-2H3,(H,23,25)(H2,21,22,26). The molecule has 0 radical (unpaired) electrons. The van der Waals surface area contributed by atoms with Crippen LogP contribution in [-0.4, -0.2) is 42.7 Å². The molecule has 0 bridgehead atoms. The van der Waals surface area contributed by atoms with Crippen molar-refractivity contribution in [1.82, 2.24) is 15.5 Å². The largest absolute Gasteiger partial charge is 0.339 e. The number of benzene rings is 2. The highest BCUT2D eigenvalue weighted by Crippen LogP contribution is 2.22. The van der Waals surface area contributed by atoms with E-state index in [1.54, 1.807) is 50.5 Å². The highest BCUT2D eigenvalue weighted by atomic mass is 32.2. The Morgan fingerprint density at radius 2 is 1.61 bits per heavy atom. The fourth-order valence-electron chi connectivity index (χ4n) is 2.01. The summed E-state index contributed by atoms with van der Waals surface area (Å²) >= 11 is 1.09. The molecule has 0 aliphatic heterocycles. The fourth-order valence-corrected chi connectivity index (χ4v) is 2.67. The molecule has 0 spiro atoms. The zero-order valence-corrected chi connectivity index (χ0v) is 16.3. The lowest BCUT2D eigenvalue weighted by Crippen LogP contribution is -2.39. The molecule has 2 aromatic carbocycles. The van der Waals surface area contributed by atoms with Crippen molar-refractivity contribution < 1.29 is 18.8 Å². The second-order valence-electron chi connectivity index (χ2n) is 6.00. The first-order valence-corrected chi connectivity index (χ1v) is 9.20. The summed E-state index contributed by atoms with van der Waals surface area (Å²) in [6, 6.07) is 12.1. The van der Waals surface area contributed by atoms with E-state index >= 15 is 0 Å². The van der Waals surface area contributed by atoms with Gasteiger partial charge in [-0.1, -0.05) is 12.1 Å². The number of anilines is 1. The van der Waals surface area contributed by atoms with Gasteiger partial charge in [-0.25, -0.2) is 9.18 Å². The minimum atomic E-state index is -0.506. The number of amides is 4. The number of thioether (sulfide) groups is 1. The van der Waals surface area contributed by atoms with Gasteiger partial charge in [0, 0.05) is 31.2 Å². The van der Waals surface area contributed by atoms with Gasteiger partial charge in [0.1, 0.15) is 5.82 Å². The molecule has 7 nitrogen and oxygen atoms in total. The summed E-state index contributed by atoms with van der Waals surface area (Å²) in [7, 11) is 3.35. The van der Waals surface area contributed by atoms with Crippen LogP contribution in [-0.2, 0) is 11.3 Å². The normalized spacial score (nSPS) is 10.1. The number of halogens is 1. The Morgan fingerprint density at radius 1 is 0.964 bits per heavy atom. The van der Waals surface area contributed by atoms with Gasteiger partial charge in [0.25, 0.3) is 5.24 Å². The predicted molar refractivity (Wildman–Crippen MR) is 107 cm³/mol. The Hall–Kier alpha value is -3.07. The van der Waals surface area contributed by atoms with Crippen LogP contribution in [0.5, 0.6) is 0 Å². The molecule has 0 saturated heterocycles. The van der Waals surface area contributed by atoms with Gasteiger partial charge in [-0.15, -0.1) is 0 Å². The van der Waals surface area contributed by atoms with E-state index < -0.39 is 6.03 Å². The number of hydrogen-bond acceptors (Lipinski definition) is 4. The van der Waals surface area contributed by atoms with Crippen molar-refractivity contribution in [2.75, 3.05) is 26.0 Å². The molecule has 4 amide bonds. The molecule has 2 aromatic rings. The average molecular weight is 404 g/mol. The molecule has 2 rings (SSSR count). The van der Waals surface area contributed by atoms with E-state index in [2.05, 4.69) is 16.0 Å². The van der Waals surface area contributed by atoms with Gasteiger partial charge >= 0.3 is 6.03 Å². The second kappa shape index (κ2) is 10.3. The van der Waals surface area contributed by atoms with Gasteiger partial charge in [-0.2, -0.15) is 0 Å². The zero-order valence-electron chi connectivity index (χ0n) is 15.5. The Labute approximate surface area is 166 Å². The van der Waals surface area contributed by atoms with Crippen LogP contribution in [0.15, 0.2) is 53.4 Å². The van der Waals surface area contributed by atoms with Crippen molar-refractivity contribution in [3.05, 3.63) is 59.9 Å². The summed E-state index contributed by atoms with van der Waals surface area (Å²) in [4.78, 5) is 37.5. The fraction of sp³-hybridized carbons (Fsp3) is 0.211. The third-order valence-electron chi connectivity index (χ3n) is 3.48. The summed E-state index contributed by atoms with van der Waals surface area (Å²) in [5.41, 5.74) is 1.30. The molecule has 0 atom stereocenters. The molecule has 28 heavy (non-hydrogen) atoms. The van der Waals surface area contributed by atoms with E-state index in [0.717, 1.165) is 22.2 Å². The summed E-state index contributed by atoms with van der Waals surface area (Å²) in [6.45, 7) is 0.0173. The molecule has 0 aliphatic carbocycles. The van der Waals surface area contributed by atoms with Gasteiger partial charge in [-0.3, -0.25) is 9.59 Å². The first-order valence-electron chi connectivity index (χ1n) is 8.38. The lowest BCUT2D eigenvalue weighted by molar-refractivity contribution is -0.115. The minimum absolute atomic E-state index is 0.0902. The number of nitrogens with one attached hydrogen (secondary N) is 3. The molecule has 0 fully saturated rings. The van der Waals surface area contributed by atoms with Gasteiger partial charge < -0.3 is 20.9 Å². The Kier molecular flexibility index (Phi) is 7.82. The van der Waals surface area contributed by atoms with E-state index in [9.17, 15) is 18.8 Å². The summed E-state index contributed by atoms with van der Waals surface area (Å²) in [6.07, 6.45) is 0. The monoisotopic (exact) mass is 404 g/mol. The van der Waals surface area contributed by atoms with Crippen molar-refractivity contribution in [2.45, 2.75) is 11.4 Å². The minimum Gasteiger partial charge on any atom is -0.339 e. The molecule has 0 aliphatic rings. The number of carbonyl (C=O) groups excluding carboxylic acids is 3. The molecular weight excluding hydrogens is 383 g/mol. The Morgan fingerprint density at radius 3 is 2.21 bits per heavy atom. The van der Waals surface area contributed by atoms with E-state index in [1.807, 2.05) is 0 Å². The first-order chi connectivity index (χ1) is 13.3. The van der Waals surface area contributed by atoms with E-state index in [1.165, 1.54) is 17.0 Å². The van der Waals surface area contributed by atoms with Crippen LogP contribution in [0.4, 0.5) is 19.7 Å². The van der Waals surface area contributed by atoms with Crippen molar-refractivity contribution in [3.63, 3.8) is 0 Å². The van der Waals surface area contributed by atoms with Gasteiger partial charge in [0.05, 0.1) is 6.54 Å². The molecule has 0 heterocycles. The molecular formula is C19H21FN4O3S. The Bertz CT molecular complexity index is 826. The number of carbonyl (C=O) groups is 3. The number of urea groups is 1. The Balaban J connectivity index is 1.72. The van der Waals surface area contributed by atoms with Crippen LogP contribution >= 0.6 is 11.8 Å². The average Bonchev–Trinajstić information content (AvgIpc) is 2.67. The highest BCUT2D eigenvalue weighted by molar-refractivity contribution is 8.13. The quantitative estimate of drug-likeness (QED) is 0.646. The zero-order chi connectivity index (χ0) is 20.5. The molecule has 9 heteroatoms. The summed E-state index contributed by atoms with van der Waals surface area (Å²) in [5, 5.41) is 7.59.